The first kappa shape index (κ1) is 15.4. The van der Waals surface area contributed by atoms with Crippen LogP contribution >= 0.6 is 0 Å². The topological polar surface area (TPSA) is 32.7 Å². The third-order valence-electron chi connectivity index (χ3n) is 3.78. The third kappa shape index (κ3) is 3.75. The molecular formula is C15H21F2NO2. The summed E-state index contributed by atoms with van der Waals surface area (Å²) in [6, 6.07) is 3.90. The Morgan fingerprint density at radius 1 is 1.45 bits per heavy atom. The maximum absolute atomic E-state index is 13.6. The Hall–Kier alpha value is -1.04. The number of nitrogens with zero attached hydrogens (tertiary/aromatic N) is 1. The summed E-state index contributed by atoms with van der Waals surface area (Å²) in [7, 11) is 1.68. The normalized spacial score (nSPS) is 21.9. The van der Waals surface area contributed by atoms with Crippen LogP contribution in [0.4, 0.5) is 8.78 Å². The van der Waals surface area contributed by atoms with E-state index in [-0.39, 0.29) is 5.56 Å². The van der Waals surface area contributed by atoms with Gasteiger partial charge in [0.05, 0.1) is 12.7 Å². The Kier molecular flexibility index (Phi) is 5.46. The number of β-amino-alcohol motifs (C(OH)–C–C–N with tert-alkyl or cyclic N) is 1. The summed E-state index contributed by atoms with van der Waals surface area (Å²) in [4.78, 5) is 2.09. The summed E-state index contributed by atoms with van der Waals surface area (Å²) >= 11 is 0. The number of hydrogen-bond acceptors (Lipinski definition) is 3. The number of halogens is 2. The minimum atomic E-state index is -1.01. The molecule has 5 heteroatoms. The van der Waals surface area contributed by atoms with Crippen molar-refractivity contribution < 1.29 is 18.6 Å². The van der Waals surface area contributed by atoms with E-state index in [1.54, 1.807) is 7.11 Å². The predicted molar refractivity (Wildman–Crippen MR) is 72.4 cm³/mol. The van der Waals surface area contributed by atoms with E-state index in [1.807, 2.05) is 0 Å². The standard InChI is InChI=1S/C15H21F2NO2/c1-20-10-11-4-3-7-18(8-11)9-14(19)12-5-2-6-13(16)15(12)17/h2,5-6,11,14,19H,3-4,7-10H2,1H3. The second-order valence-corrected chi connectivity index (χ2v) is 5.38. The van der Waals surface area contributed by atoms with Gasteiger partial charge in [-0.1, -0.05) is 12.1 Å². The molecule has 3 nitrogen and oxygen atoms in total. The van der Waals surface area contributed by atoms with Gasteiger partial charge in [-0.25, -0.2) is 8.78 Å². The average Bonchev–Trinajstić information content (AvgIpc) is 2.42. The lowest BCUT2D eigenvalue weighted by Crippen LogP contribution is -2.39. The SMILES string of the molecule is COCC1CCCN(CC(O)c2cccc(F)c2F)C1. The zero-order valence-electron chi connectivity index (χ0n) is 11.7. The molecular weight excluding hydrogens is 264 g/mol. The van der Waals surface area contributed by atoms with Gasteiger partial charge in [0.2, 0.25) is 0 Å². The highest BCUT2D eigenvalue weighted by Gasteiger charge is 2.24. The van der Waals surface area contributed by atoms with Gasteiger partial charge in [0.1, 0.15) is 0 Å². The Bertz CT molecular complexity index is 440. The highest BCUT2D eigenvalue weighted by molar-refractivity contribution is 5.21. The molecule has 1 aromatic rings. The van der Waals surface area contributed by atoms with E-state index in [2.05, 4.69) is 4.90 Å². The Morgan fingerprint density at radius 2 is 2.25 bits per heavy atom. The molecule has 20 heavy (non-hydrogen) atoms. The maximum Gasteiger partial charge on any atom is 0.164 e. The molecule has 0 radical (unpaired) electrons. The molecule has 112 valence electrons. The summed E-state index contributed by atoms with van der Waals surface area (Å²) in [5, 5.41) is 10.1. The van der Waals surface area contributed by atoms with Gasteiger partial charge in [0, 0.05) is 25.8 Å². The summed E-state index contributed by atoms with van der Waals surface area (Å²) in [6.45, 7) is 2.71. The molecule has 0 spiro atoms. The molecule has 1 aliphatic heterocycles. The summed E-state index contributed by atoms with van der Waals surface area (Å²) in [6.07, 6.45) is 1.13. The molecule has 0 aromatic heterocycles. The third-order valence-corrected chi connectivity index (χ3v) is 3.78. The van der Waals surface area contributed by atoms with Crippen molar-refractivity contribution in [3.05, 3.63) is 35.4 Å². The lowest BCUT2D eigenvalue weighted by atomic mass is 9.98. The summed E-state index contributed by atoms with van der Waals surface area (Å²) in [5.74, 6) is -1.43. The van der Waals surface area contributed by atoms with Gasteiger partial charge in [-0.2, -0.15) is 0 Å². The van der Waals surface area contributed by atoms with E-state index in [0.29, 0.717) is 19.1 Å². The number of benzene rings is 1. The quantitative estimate of drug-likeness (QED) is 0.901. The van der Waals surface area contributed by atoms with Crippen LogP contribution in [0.25, 0.3) is 0 Å². The lowest BCUT2D eigenvalue weighted by Gasteiger charge is -2.33. The predicted octanol–water partition coefficient (Wildman–Crippen LogP) is 2.36. The van der Waals surface area contributed by atoms with Crippen LogP contribution in [0.2, 0.25) is 0 Å². The van der Waals surface area contributed by atoms with Crippen LogP contribution in [0, 0.1) is 17.6 Å². The van der Waals surface area contributed by atoms with Crippen molar-refractivity contribution in [3.8, 4) is 0 Å². The zero-order valence-corrected chi connectivity index (χ0v) is 11.7. The molecule has 1 N–H and O–H groups in total. The van der Waals surface area contributed by atoms with Crippen LogP contribution in [0.3, 0.4) is 0 Å². The number of aliphatic hydroxyl groups excluding tert-OH is 1. The molecule has 1 heterocycles. The van der Waals surface area contributed by atoms with Crippen molar-refractivity contribution in [2.75, 3.05) is 33.4 Å². The maximum atomic E-state index is 13.6. The average molecular weight is 285 g/mol. The van der Waals surface area contributed by atoms with Crippen molar-refractivity contribution in [2.24, 2.45) is 5.92 Å². The first-order chi connectivity index (χ1) is 9.61. The van der Waals surface area contributed by atoms with Gasteiger partial charge < -0.3 is 14.7 Å². The Morgan fingerprint density at radius 3 is 3.00 bits per heavy atom. The number of ether oxygens (including phenoxy) is 1. The number of hydrogen-bond donors (Lipinski definition) is 1. The molecule has 0 saturated carbocycles. The van der Waals surface area contributed by atoms with Crippen LogP contribution in [0.15, 0.2) is 18.2 Å². The van der Waals surface area contributed by atoms with Gasteiger partial charge >= 0.3 is 0 Å². The van der Waals surface area contributed by atoms with E-state index in [0.717, 1.165) is 32.0 Å². The molecule has 1 aliphatic rings. The molecule has 1 fully saturated rings. The molecule has 2 unspecified atom stereocenters. The Labute approximate surface area is 118 Å². The molecule has 0 amide bonds. The molecule has 1 saturated heterocycles. The van der Waals surface area contributed by atoms with Crippen molar-refractivity contribution in [1.29, 1.82) is 0 Å². The fraction of sp³-hybridized carbons (Fsp3) is 0.600. The van der Waals surface area contributed by atoms with Crippen LogP contribution < -0.4 is 0 Å². The zero-order chi connectivity index (χ0) is 14.5. The number of piperidine rings is 1. The molecule has 2 atom stereocenters. The second kappa shape index (κ2) is 7.11. The summed E-state index contributed by atoms with van der Waals surface area (Å²) in [5.41, 5.74) is 0.0267. The van der Waals surface area contributed by atoms with Gasteiger partial charge in [-0.15, -0.1) is 0 Å². The van der Waals surface area contributed by atoms with Gasteiger partial charge in [-0.3, -0.25) is 0 Å². The Balaban J connectivity index is 1.97. The molecule has 0 aliphatic carbocycles. The smallest absolute Gasteiger partial charge is 0.164 e. The minimum absolute atomic E-state index is 0.0267. The largest absolute Gasteiger partial charge is 0.387 e. The van der Waals surface area contributed by atoms with E-state index < -0.39 is 17.7 Å². The minimum Gasteiger partial charge on any atom is -0.387 e. The van der Waals surface area contributed by atoms with Crippen molar-refractivity contribution in [3.63, 3.8) is 0 Å². The summed E-state index contributed by atoms with van der Waals surface area (Å²) < 4.78 is 31.9. The first-order valence-corrected chi connectivity index (χ1v) is 6.95. The monoisotopic (exact) mass is 285 g/mol. The lowest BCUT2D eigenvalue weighted by molar-refractivity contribution is 0.0549. The molecule has 0 bridgehead atoms. The van der Waals surface area contributed by atoms with E-state index in [4.69, 9.17) is 4.74 Å². The number of methoxy groups -OCH3 is 1. The highest BCUT2D eigenvalue weighted by Crippen LogP contribution is 2.23. The fourth-order valence-electron chi connectivity index (χ4n) is 2.81. The van der Waals surface area contributed by atoms with Crippen molar-refractivity contribution in [1.82, 2.24) is 4.90 Å². The number of aliphatic hydroxyl groups is 1. The van der Waals surface area contributed by atoms with E-state index in [1.165, 1.54) is 12.1 Å². The van der Waals surface area contributed by atoms with Crippen LogP contribution in [-0.2, 0) is 4.74 Å². The molecule has 2 rings (SSSR count). The van der Waals surface area contributed by atoms with Crippen LogP contribution in [-0.4, -0.2) is 43.4 Å². The van der Waals surface area contributed by atoms with Crippen molar-refractivity contribution in [2.45, 2.75) is 18.9 Å². The number of likely N-dealkylation sites (tertiary alicyclic amines) is 1. The van der Waals surface area contributed by atoms with E-state index >= 15 is 0 Å². The van der Waals surface area contributed by atoms with Crippen LogP contribution in [0.5, 0.6) is 0 Å². The number of rotatable bonds is 5. The van der Waals surface area contributed by atoms with Gasteiger partial charge in [0.25, 0.3) is 0 Å². The highest BCUT2D eigenvalue weighted by atomic mass is 19.2. The van der Waals surface area contributed by atoms with E-state index in [9.17, 15) is 13.9 Å². The van der Waals surface area contributed by atoms with Crippen LogP contribution in [0.1, 0.15) is 24.5 Å². The van der Waals surface area contributed by atoms with Crippen molar-refractivity contribution >= 4 is 0 Å². The van der Waals surface area contributed by atoms with Gasteiger partial charge in [-0.05, 0) is 31.4 Å². The van der Waals surface area contributed by atoms with Gasteiger partial charge in [0.15, 0.2) is 11.6 Å². The second-order valence-electron chi connectivity index (χ2n) is 5.38. The fourth-order valence-corrected chi connectivity index (χ4v) is 2.81. The molecule has 1 aromatic carbocycles. The first-order valence-electron chi connectivity index (χ1n) is 6.95.